The van der Waals surface area contributed by atoms with Crippen LogP contribution in [0.4, 0.5) is 0 Å². The van der Waals surface area contributed by atoms with Crippen molar-refractivity contribution >= 4 is 11.8 Å². The van der Waals surface area contributed by atoms with E-state index < -0.39 is 5.54 Å². The van der Waals surface area contributed by atoms with Crippen molar-refractivity contribution in [2.75, 3.05) is 33.7 Å². The summed E-state index contributed by atoms with van der Waals surface area (Å²) in [6.45, 7) is 9.46. The molecule has 0 aromatic heterocycles. The molecule has 0 aromatic rings. The third-order valence-corrected chi connectivity index (χ3v) is 16.0. The molecule has 2 amide bonds. The van der Waals surface area contributed by atoms with Crippen LogP contribution in [0.5, 0.6) is 0 Å². The van der Waals surface area contributed by atoms with Crippen LogP contribution in [0, 0.1) is 5.92 Å². The average molecular weight is 969 g/mol. The zero-order chi connectivity index (χ0) is 50.0. The summed E-state index contributed by atoms with van der Waals surface area (Å²) in [7, 11) is 4.30. The van der Waals surface area contributed by atoms with Gasteiger partial charge in [-0.3, -0.25) is 9.59 Å². The van der Waals surface area contributed by atoms with Crippen molar-refractivity contribution in [2.24, 2.45) is 5.92 Å². The predicted octanol–water partition coefficient (Wildman–Crippen LogP) is 20.0. The zero-order valence-corrected chi connectivity index (χ0v) is 47.9. The Balaban J connectivity index is 2.72. The van der Waals surface area contributed by atoms with Gasteiger partial charge in [-0.15, -0.1) is 0 Å². The van der Waals surface area contributed by atoms with Gasteiger partial charge in [0.05, 0.1) is 0 Å². The molecule has 1 saturated carbocycles. The van der Waals surface area contributed by atoms with E-state index in [4.69, 9.17) is 0 Å². The summed E-state index contributed by atoms with van der Waals surface area (Å²) in [5.41, 5.74) is -0.634. The van der Waals surface area contributed by atoms with Gasteiger partial charge in [0, 0.05) is 19.0 Å². The molecule has 1 aliphatic carbocycles. The molecule has 0 aliphatic heterocycles. The third kappa shape index (κ3) is 38.0. The summed E-state index contributed by atoms with van der Waals surface area (Å²) in [5, 5.41) is 3.41. The molecule has 1 aliphatic rings. The molecule has 0 saturated heterocycles. The maximum absolute atomic E-state index is 15.1. The Morgan fingerprint density at radius 1 is 0.420 bits per heavy atom. The average Bonchev–Trinajstić information content (AvgIpc) is 3.33. The van der Waals surface area contributed by atoms with Gasteiger partial charge in [-0.25, -0.2) is 0 Å². The predicted molar refractivity (Wildman–Crippen MR) is 307 cm³/mol. The van der Waals surface area contributed by atoms with Gasteiger partial charge in [0.1, 0.15) is 5.54 Å². The standard InChI is InChI=1S/C64H125N3O2/c1-6-9-12-15-18-21-24-27-30-31-34-37-40-43-46-50-58-65-63(69)64(56-53-57-64)67(60-52-47-51-59-66(4)5)62(68)61(54-48-44-41-38-35-32-28-25-22-19-16-13-10-7-2)55-49-45-42-39-36-33-29-26-23-20-17-14-11-8-3/h27,30,61H,6-26,28-29,31-60H2,1-5H3,(H,65,69)/b30-27-. The van der Waals surface area contributed by atoms with E-state index in [1.54, 1.807) is 0 Å². The van der Waals surface area contributed by atoms with Gasteiger partial charge in [0.25, 0.3) is 0 Å². The van der Waals surface area contributed by atoms with E-state index in [1.807, 2.05) is 0 Å². The second-order valence-corrected chi connectivity index (χ2v) is 22.9. The number of unbranched alkanes of at least 4 members (excludes halogenated alkanes) is 40. The molecule has 0 aromatic carbocycles. The molecule has 5 nitrogen and oxygen atoms in total. The van der Waals surface area contributed by atoms with Gasteiger partial charge < -0.3 is 15.1 Å². The van der Waals surface area contributed by atoms with E-state index in [1.165, 1.54) is 250 Å². The lowest BCUT2D eigenvalue weighted by Gasteiger charge is -2.50. The van der Waals surface area contributed by atoms with Gasteiger partial charge in [-0.2, -0.15) is 0 Å². The molecule has 69 heavy (non-hydrogen) atoms. The lowest BCUT2D eigenvalue weighted by molar-refractivity contribution is -0.157. The Bertz CT molecular complexity index is 1080. The molecule has 0 heterocycles. The SMILES string of the molecule is CCCCCCCC/C=C\CCCCCCCCNC(=O)C1(N(CCCCCN(C)C)C(=O)C(CCCCCCCCCCCCCCCC)CCCCCCCCCCCCCCCC)CCC1. The van der Waals surface area contributed by atoms with Gasteiger partial charge >= 0.3 is 0 Å². The maximum atomic E-state index is 15.1. The summed E-state index contributed by atoms with van der Waals surface area (Å²) in [6, 6.07) is 0. The van der Waals surface area contributed by atoms with Crippen molar-refractivity contribution in [1.82, 2.24) is 15.1 Å². The van der Waals surface area contributed by atoms with Crippen LogP contribution in [-0.2, 0) is 9.59 Å². The fraction of sp³-hybridized carbons (Fsp3) is 0.938. The highest BCUT2D eigenvalue weighted by Gasteiger charge is 2.51. The summed E-state index contributed by atoms with van der Waals surface area (Å²) in [5.74, 6) is 0.525. The minimum absolute atomic E-state index is 0.0579. The van der Waals surface area contributed by atoms with Crippen molar-refractivity contribution in [3.63, 3.8) is 0 Å². The second kappa shape index (κ2) is 50.2. The fourth-order valence-electron chi connectivity index (χ4n) is 11.1. The Kier molecular flexibility index (Phi) is 47.8. The first-order valence-electron chi connectivity index (χ1n) is 31.8. The number of nitrogens with zero attached hydrogens (tertiary/aromatic N) is 2. The van der Waals surface area contributed by atoms with Crippen LogP contribution in [0.1, 0.15) is 342 Å². The number of hydrogen-bond acceptors (Lipinski definition) is 3. The molecule has 1 N–H and O–H groups in total. The first-order valence-corrected chi connectivity index (χ1v) is 31.8. The maximum Gasteiger partial charge on any atom is 0.245 e. The Morgan fingerprint density at radius 2 is 0.739 bits per heavy atom. The quantitative estimate of drug-likeness (QED) is 0.0488. The summed E-state index contributed by atoms with van der Waals surface area (Å²) in [4.78, 5) is 33.8. The van der Waals surface area contributed by atoms with Crippen LogP contribution in [0.25, 0.3) is 0 Å². The highest BCUT2D eigenvalue weighted by Crippen LogP contribution is 2.40. The van der Waals surface area contributed by atoms with Crippen LogP contribution in [-0.4, -0.2) is 60.9 Å². The number of rotatable bonds is 55. The van der Waals surface area contributed by atoms with Gasteiger partial charge in [-0.05, 0) is 97.7 Å². The number of nitrogens with one attached hydrogen (secondary N) is 1. The number of carbonyl (C=O) groups is 2. The first kappa shape index (κ1) is 65.7. The number of allylic oxidation sites excluding steroid dienone is 2. The summed E-state index contributed by atoms with van der Waals surface area (Å²) in [6.07, 6.45) is 69.0. The molecule has 0 spiro atoms. The number of carbonyl (C=O) groups excluding carboxylic acids is 2. The number of amides is 2. The minimum atomic E-state index is -0.634. The zero-order valence-electron chi connectivity index (χ0n) is 47.9. The number of hydrogen-bond donors (Lipinski definition) is 1. The Hall–Kier alpha value is -1.36. The van der Waals surface area contributed by atoms with E-state index in [2.05, 4.69) is 62.1 Å². The van der Waals surface area contributed by atoms with Crippen molar-refractivity contribution < 1.29 is 9.59 Å². The third-order valence-electron chi connectivity index (χ3n) is 16.0. The largest absolute Gasteiger partial charge is 0.354 e. The molecule has 5 heteroatoms. The lowest BCUT2D eigenvalue weighted by Crippen LogP contribution is -2.65. The van der Waals surface area contributed by atoms with E-state index in [9.17, 15) is 4.79 Å². The van der Waals surface area contributed by atoms with Crippen molar-refractivity contribution in [2.45, 2.75) is 347 Å². The monoisotopic (exact) mass is 968 g/mol. The fourth-order valence-corrected chi connectivity index (χ4v) is 11.1. The van der Waals surface area contributed by atoms with E-state index in [0.29, 0.717) is 5.91 Å². The summed E-state index contributed by atoms with van der Waals surface area (Å²) < 4.78 is 0. The Labute approximate surface area is 433 Å². The van der Waals surface area contributed by atoms with E-state index in [-0.39, 0.29) is 11.8 Å². The van der Waals surface area contributed by atoms with Crippen molar-refractivity contribution in [1.29, 1.82) is 0 Å². The molecule has 0 atom stereocenters. The molecule has 0 bridgehead atoms. The second-order valence-electron chi connectivity index (χ2n) is 22.9. The highest BCUT2D eigenvalue weighted by atomic mass is 16.2. The van der Waals surface area contributed by atoms with Gasteiger partial charge in [0.15, 0.2) is 0 Å². The van der Waals surface area contributed by atoms with Crippen LogP contribution in [0.15, 0.2) is 12.2 Å². The molecule has 408 valence electrons. The molecule has 1 fully saturated rings. The van der Waals surface area contributed by atoms with E-state index in [0.717, 1.165) is 90.3 Å². The van der Waals surface area contributed by atoms with Gasteiger partial charge in [0.2, 0.25) is 11.8 Å². The Morgan fingerprint density at radius 3 is 1.09 bits per heavy atom. The minimum Gasteiger partial charge on any atom is -0.354 e. The normalized spacial score (nSPS) is 13.6. The molecular weight excluding hydrogens is 843 g/mol. The molecular formula is C64H125N3O2. The molecule has 0 radical (unpaired) electrons. The summed E-state index contributed by atoms with van der Waals surface area (Å²) >= 11 is 0. The van der Waals surface area contributed by atoms with Crippen molar-refractivity contribution in [3.8, 4) is 0 Å². The smallest absolute Gasteiger partial charge is 0.245 e. The first-order chi connectivity index (χ1) is 33.9. The van der Waals surface area contributed by atoms with E-state index >= 15 is 4.79 Å². The van der Waals surface area contributed by atoms with Crippen LogP contribution >= 0.6 is 0 Å². The van der Waals surface area contributed by atoms with Crippen LogP contribution in [0.3, 0.4) is 0 Å². The van der Waals surface area contributed by atoms with Crippen molar-refractivity contribution in [3.05, 3.63) is 12.2 Å². The van der Waals surface area contributed by atoms with Crippen LogP contribution in [0.2, 0.25) is 0 Å². The topological polar surface area (TPSA) is 52.7 Å². The molecule has 0 unspecified atom stereocenters. The van der Waals surface area contributed by atoms with Gasteiger partial charge in [-0.1, -0.05) is 277 Å². The molecule has 1 rings (SSSR count). The highest BCUT2D eigenvalue weighted by molar-refractivity contribution is 5.93. The van der Waals surface area contributed by atoms with Crippen LogP contribution < -0.4 is 5.32 Å². The lowest BCUT2D eigenvalue weighted by atomic mass is 9.73.